The summed E-state index contributed by atoms with van der Waals surface area (Å²) < 4.78 is 7.71. The number of methoxy groups -OCH3 is 1. The first-order valence-corrected chi connectivity index (χ1v) is 13.1. The van der Waals surface area contributed by atoms with Gasteiger partial charge in [0.1, 0.15) is 0 Å². The van der Waals surface area contributed by atoms with E-state index in [-0.39, 0.29) is 24.1 Å². The second-order valence-electron chi connectivity index (χ2n) is 10.3. The van der Waals surface area contributed by atoms with E-state index in [1.807, 2.05) is 15.8 Å². The van der Waals surface area contributed by atoms with E-state index in [1.54, 1.807) is 7.11 Å². The van der Waals surface area contributed by atoms with Crippen LogP contribution in [0, 0.1) is 0 Å². The van der Waals surface area contributed by atoms with Gasteiger partial charge in [-0.1, -0.05) is 6.58 Å². The van der Waals surface area contributed by atoms with Gasteiger partial charge in [0.2, 0.25) is 11.9 Å². The Balaban J connectivity index is 1.43. The van der Waals surface area contributed by atoms with Gasteiger partial charge in [0.15, 0.2) is 17.0 Å². The van der Waals surface area contributed by atoms with E-state index >= 15 is 0 Å². The van der Waals surface area contributed by atoms with Crippen molar-refractivity contribution in [2.75, 3.05) is 68.5 Å². The van der Waals surface area contributed by atoms with Crippen LogP contribution in [0.15, 0.2) is 43.2 Å². The second kappa shape index (κ2) is 11.0. The molecule has 2 aliphatic rings. The molecule has 0 bridgehead atoms. The maximum absolute atomic E-state index is 12.0. The summed E-state index contributed by atoms with van der Waals surface area (Å²) in [7, 11) is 3.81. The van der Waals surface area contributed by atoms with Crippen molar-refractivity contribution < 1.29 is 9.53 Å². The predicted octanol–water partition coefficient (Wildman–Crippen LogP) is 2.41. The summed E-state index contributed by atoms with van der Waals surface area (Å²) in [6.07, 6.45) is 2.90. The first-order valence-electron chi connectivity index (χ1n) is 13.1. The molecule has 2 atom stereocenters. The highest BCUT2D eigenvalue weighted by atomic mass is 16.5. The first-order chi connectivity index (χ1) is 18.4. The smallest absolute Gasteiger partial charge is 0.243 e. The number of hydrogen-bond acceptors (Lipinski definition) is 9. The van der Waals surface area contributed by atoms with Crippen molar-refractivity contribution in [3.05, 3.63) is 43.2 Å². The average Bonchev–Trinajstić information content (AvgIpc) is 3.54. The van der Waals surface area contributed by atoms with E-state index in [2.05, 4.69) is 77.2 Å². The van der Waals surface area contributed by atoms with Crippen LogP contribution in [-0.4, -0.2) is 95.9 Å². The van der Waals surface area contributed by atoms with Gasteiger partial charge >= 0.3 is 0 Å². The summed E-state index contributed by atoms with van der Waals surface area (Å²) in [5.74, 6) is 0.980. The number of piperazine rings is 1. The van der Waals surface area contributed by atoms with Crippen molar-refractivity contribution >= 4 is 40.2 Å². The molecule has 5 rings (SSSR count). The highest BCUT2D eigenvalue weighted by molar-refractivity contribution is 5.88. The van der Waals surface area contributed by atoms with Crippen LogP contribution in [0.25, 0.3) is 11.2 Å². The molecule has 1 aromatic carbocycles. The average molecular weight is 520 g/mol. The Hall–Kier alpha value is -3.70. The van der Waals surface area contributed by atoms with Gasteiger partial charge in [-0.05, 0) is 51.2 Å². The maximum Gasteiger partial charge on any atom is 0.243 e. The molecule has 38 heavy (non-hydrogen) atoms. The number of anilines is 4. The third-order valence-electron chi connectivity index (χ3n) is 7.33. The quantitative estimate of drug-likeness (QED) is 0.434. The summed E-state index contributed by atoms with van der Waals surface area (Å²) in [5.41, 5.74) is 3.62. The molecule has 3 aromatic rings. The lowest BCUT2D eigenvalue weighted by Crippen LogP contribution is -2.44. The number of imidazole rings is 1. The lowest BCUT2D eigenvalue weighted by atomic mass is 10.2. The number of likely N-dealkylation sites (N-methyl/N-ethyl adjacent to an activating group) is 1. The zero-order chi connectivity index (χ0) is 26.8. The third kappa shape index (κ3) is 5.30. The first kappa shape index (κ1) is 25.9. The molecule has 0 saturated carbocycles. The van der Waals surface area contributed by atoms with Crippen molar-refractivity contribution in [2.45, 2.75) is 32.0 Å². The van der Waals surface area contributed by atoms with Crippen molar-refractivity contribution in [3.63, 3.8) is 0 Å². The van der Waals surface area contributed by atoms with Crippen LogP contribution in [-0.2, 0) is 9.53 Å². The fraction of sp³-hybridized carbons (Fsp3) is 0.481. The zero-order valence-corrected chi connectivity index (χ0v) is 22.6. The molecule has 2 unspecified atom stereocenters. The summed E-state index contributed by atoms with van der Waals surface area (Å²) in [5, 5.41) is 6.44. The van der Waals surface area contributed by atoms with Gasteiger partial charge in [-0.25, -0.2) is 4.98 Å². The molecule has 2 aliphatic heterocycles. The van der Waals surface area contributed by atoms with Gasteiger partial charge in [0, 0.05) is 63.8 Å². The van der Waals surface area contributed by atoms with E-state index in [9.17, 15) is 4.79 Å². The summed E-state index contributed by atoms with van der Waals surface area (Å²) >= 11 is 0. The van der Waals surface area contributed by atoms with Crippen LogP contribution in [0.1, 0.15) is 19.9 Å². The fourth-order valence-corrected chi connectivity index (χ4v) is 5.02. The lowest BCUT2D eigenvalue weighted by molar-refractivity contribution is -0.117. The number of hydrogen-bond donors (Lipinski definition) is 2. The van der Waals surface area contributed by atoms with Crippen molar-refractivity contribution in [3.8, 4) is 0 Å². The molecule has 2 fully saturated rings. The topological polar surface area (TPSA) is 104 Å². The minimum absolute atomic E-state index is 0.184. The molecular formula is C27H37N9O2. The van der Waals surface area contributed by atoms with Gasteiger partial charge in [-0.3, -0.25) is 4.79 Å². The number of carbonyl (C=O) groups excluding carboxylic acids is 1. The van der Waals surface area contributed by atoms with E-state index < -0.39 is 0 Å². The maximum atomic E-state index is 12.0. The highest BCUT2D eigenvalue weighted by Crippen LogP contribution is 2.30. The Labute approximate surface area is 223 Å². The Morgan fingerprint density at radius 3 is 2.50 bits per heavy atom. The minimum atomic E-state index is -0.226. The largest absolute Gasteiger partial charge is 0.377 e. The third-order valence-corrected chi connectivity index (χ3v) is 7.33. The molecule has 2 aromatic heterocycles. The summed E-state index contributed by atoms with van der Waals surface area (Å²) in [6.45, 7) is 13.0. The Morgan fingerprint density at radius 2 is 1.84 bits per heavy atom. The van der Waals surface area contributed by atoms with E-state index in [0.29, 0.717) is 30.4 Å². The molecule has 11 nitrogen and oxygen atoms in total. The number of rotatable bonds is 8. The van der Waals surface area contributed by atoms with Crippen molar-refractivity contribution in [1.29, 1.82) is 0 Å². The molecule has 0 aliphatic carbocycles. The van der Waals surface area contributed by atoms with Crippen LogP contribution in [0.2, 0.25) is 0 Å². The van der Waals surface area contributed by atoms with Crippen molar-refractivity contribution in [2.24, 2.45) is 0 Å². The Bertz CT molecular complexity index is 1280. The lowest BCUT2D eigenvalue weighted by Gasteiger charge is -2.34. The van der Waals surface area contributed by atoms with Crippen molar-refractivity contribution in [1.82, 2.24) is 29.7 Å². The van der Waals surface area contributed by atoms with Crippen LogP contribution in [0.5, 0.6) is 0 Å². The normalized spacial score (nSPS) is 20.3. The van der Waals surface area contributed by atoms with Gasteiger partial charge in [-0.15, -0.1) is 0 Å². The molecule has 2 N–H and O–H groups in total. The van der Waals surface area contributed by atoms with E-state index in [4.69, 9.17) is 14.7 Å². The van der Waals surface area contributed by atoms with E-state index in [1.165, 1.54) is 11.8 Å². The molecule has 0 spiro atoms. The SMILES string of the molecule is C=CC(=O)NC1CN(c2nc(Nc3ccc(N4CCN(C)CC4)cc3)c3ncn(C(C)C)c3n2)CC1OC. The Kier molecular flexibility index (Phi) is 7.48. The molecule has 11 heteroatoms. The number of nitrogens with one attached hydrogen (secondary N) is 2. The van der Waals surface area contributed by atoms with Gasteiger partial charge in [0.05, 0.1) is 18.5 Å². The fourth-order valence-electron chi connectivity index (χ4n) is 5.02. The number of aromatic nitrogens is 4. The molecule has 1 amide bonds. The Morgan fingerprint density at radius 1 is 1.11 bits per heavy atom. The number of fused-ring (bicyclic) bond motifs is 1. The molecule has 4 heterocycles. The van der Waals surface area contributed by atoms with Gasteiger partial charge in [0.25, 0.3) is 0 Å². The number of amides is 1. The highest BCUT2D eigenvalue weighted by Gasteiger charge is 2.35. The predicted molar refractivity (Wildman–Crippen MR) is 150 cm³/mol. The van der Waals surface area contributed by atoms with E-state index in [0.717, 1.165) is 37.5 Å². The molecule has 2 saturated heterocycles. The summed E-state index contributed by atoms with van der Waals surface area (Å²) in [4.78, 5) is 33.2. The number of ether oxygens (including phenoxy) is 1. The summed E-state index contributed by atoms with van der Waals surface area (Å²) in [6, 6.07) is 8.45. The number of benzene rings is 1. The standard InChI is InChI=1S/C27H37N9O2/c1-6-23(37)30-21-15-35(16-22(21)38-5)27-31-25(24-26(32-27)36(17-28-24)18(2)3)29-19-7-9-20(10-8-19)34-13-11-33(4)12-14-34/h6-10,17-18,21-22H,1,11-16H2,2-5H3,(H,30,37)(H,29,31,32). The van der Waals surface area contributed by atoms with Crippen LogP contribution in [0.3, 0.4) is 0 Å². The zero-order valence-electron chi connectivity index (χ0n) is 22.6. The van der Waals surface area contributed by atoms with Crippen LogP contribution >= 0.6 is 0 Å². The molecule has 0 radical (unpaired) electrons. The number of nitrogens with zero attached hydrogens (tertiary/aromatic N) is 7. The van der Waals surface area contributed by atoms with Gasteiger partial charge < -0.3 is 34.6 Å². The monoisotopic (exact) mass is 519 g/mol. The van der Waals surface area contributed by atoms with Crippen LogP contribution < -0.4 is 20.4 Å². The van der Waals surface area contributed by atoms with Gasteiger partial charge in [-0.2, -0.15) is 9.97 Å². The number of carbonyl (C=O) groups is 1. The van der Waals surface area contributed by atoms with Crippen LogP contribution in [0.4, 0.5) is 23.1 Å². The molecule has 202 valence electrons. The minimum Gasteiger partial charge on any atom is -0.377 e. The second-order valence-corrected chi connectivity index (χ2v) is 10.3. The molecular weight excluding hydrogens is 482 g/mol.